The van der Waals surface area contributed by atoms with Crippen LogP contribution in [0, 0.1) is 23.2 Å². The molecule has 0 aliphatic heterocycles. The van der Waals surface area contributed by atoms with Gasteiger partial charge in [-0.25, -0.2) is 4.98 Å². The Morgan fingerprint density at radius 1 is 1.13 bits per heavy atom. The Hall–Kier alpha value is -2.70. The third-order valence-corrected chi connectivity index (χ3v) is 7.61. The average Bonchev–Trinajstić information content (AvgIpc) is 2.70. The van der Waals surface area contributed by atoms with E-state index in [2.05, 4.69) is 15.3 Å². The van der Waals surface area contributed by atoms with Crippen LogP contribution in [-0.4, -0.2) is 40.3 Å². The van der Waals surface area contributed by atoms with Crippen LogP contribution in [0.4, 0.5) is 0 Å². The lowest BCUT2D eigenvalue weighted by Crippen LogP contribution is -2.48. The lowest BCUT2D eigenvalue weighted by molar-refractivity contribution is -0.135. The number of aromatic nitrogens is 2. The largest absolute Gasteiger partial charge is 0.347 e. The molecule has 4 aliphatic carbocycles. The Labute approximate surface area is 181 Å². The smallest absolute Gasteiger partial charge is 0.258 e. The molecular formula is C24H30N4O3. The summed E-state index contributed by atoms with van der Waals surface area (Å²) in [5, 5.41) is 3.37. The highest BCUT2D eigenvalue weighted by atomic mass is 16.2. The summed E-state index contributed by atoms with van der Waals surface area (Å²) in [5.74, 6) is 2.64. The summed E-state index contributed by atoms with van der Waals surface area (Å²) in [6.07, 6.45) is 8.16. The second-order valence-corrected chi connectivity index (χ2v) is 10.2. The molecular weight excluding hydrogens is 392 g/mol. The zero-order valence-corrected chi connectivity index (χ0v) is 18.0. The van der Waals surface area contributed by atoms with Gasteiger partial charge >= 0.3 is 0 Å². The van der Waals surface area contributed by atoms with Gasteiger partial charge in [-0.3, -0.25) is 14.4 Å². The first-order valence-electron chi connectivity index (χ1n) is 11.4. The van der Waals surface area contributed by atoms with E-state index < -0.39 is 0 Å². The van der Waals surface area contributed by atoms with Gasteiger partial charge in [-0.15, -0.1) is 0 Å². The molecule has 31 heavy (non-hydrogen) atoms. The Morgan fingerprint density at radius 3 is 2.45 bits per heavy atom. The minimum Gasteiger partial charge on any atom is -0.347 e. The van der Waals surface area contributed by atoms with Crippen LogP contribution < -0.4 is 10.9 Å². The van der Waals surface area contributed by atoms with E-state index in [1.807, 2.05) is 6.07 Å². The van der Waals surface area contributed by atoms with Crippen LogP contribution in [0.5, 0.6) is 0 Å². The maximum absolute atomic E-state index is 12.7. The van der Waals surface area contributed by atoms with Gasteiger partial charge in [-0.05, 0) is 73.8 Å². The number of rotatable bonds is 6. The molecule has 1 heterocycles. The highest BCUT2D eigenvalue weighted by Gasteiger charge is 2.51. The lowest BCUT2D eigenvalue weighted by atomic mass is 9.49. The van der Waals surface area contributed by atoms with Crippen molar-refractivity contribution in [3.63, 3.8) is 0 Å². The van der Waals surface area contributed by atoms with Crippen molar-refractivity contribution in [2.45, 2.75) is 51.5 Å². The van der Waals surface area contributed by atoms with E-state index in [4.69, 9.17) is 0 Å². The Bertz CT molecular complexity index is 1040. The zero-order chi connectivity index (χ0) is 21.6. The first-order chi connectivity index (χ1) is 14.9. The van der Waals surface area contributed by atoms with Crippen molar-refractivity contribution in [2.75, 3.05) is 13.6 Å². The fourth-order valence-electron chi connectivity index (χ4n) is 6.74. The summed E-state index contributed by atoms with van der Waals surface area (Å²) in [7, 11) is 1.66. The van der Waals surface area contributed by atoms with Crippen LogP contribution in [0.3, 0.4) is 0 Å². The minimum absolute atomic E-state index is 0.0130. The van der Waals surface area contributed by atoms with Crippen LogP contribution >= 0.6 is 0 Å². The highest BCUT2D eigenvalue weighted by Crippen LogP contribution is 2.61. The van der Waals surface area contributed by atoms with Gasteiger partial charge in [0.2, 0.25) is 11.8 Å². The predicted molar refractivity (Wildman–Crippen MR) is 117 cm³/mol. The molecule has 4 fully saturated rings. The van der Waals surface area contributed by atoms with Gasteiger partial charge < -0.3 is 15.2 Å². The Balaban J connectivity index is 1.15. The molecule has 4 aliphatic rings. The molecule has 4 bridgehead atoms. The first-order valence-corrected chi connectivity index (χ1v) is 11.4. The maximum Gasteiger partial charge on any atom is 0.258 e. The van der Waals surface area contributed by atoms with Crippen LogP contribution in [0.2, 0.25) is 0 Å². The molecule has 2 amide bonds. The molecule has 0 atom stereocenters. The highest BCUT2D eigenvalue weighted by molar-refractivity contribution is 5.85. The summed E-state index contributed by atoms with van der Waals surface area (Å²) >= 11 is 0. The number of amides is 2. The maximum atomic E-state index is 12.7. The zero-order valence-electron chi connectivity index (χ0n) is 18.0. The van der Waals surface area contributed by atoms with Crippen molar-refractivity contribution >= 4 is 22.7 Å². The van der Waals surface area contributed by atoms with Crippen LogP contribution in [0.15, 0.2) is 29.1 Å². The lowest BCUT2D eigenvalue weighted by Gasteiger charge is -2.56. The third kappa shape index (κ3) is 4.10. The van der Waals surface area contributed by atoms with E-state index in [1.165, 1.54) is 43.4 Å². The van der Waals surface area contributed by atoms with Crippen molar-refractivity contribution in [1.29, 1.82) is 0 Å². The second-order valence-electron chi connectivity index (χ2n) is 10.2. The summed E-state index contributed by atoms with van der Waals surface area (Å²) in [5.41, 5.74) is 0.554. The van der Waals surface area contributed by atoms with Crippen molar-refractivity contribution < 1.29 is 9.59 Å². The number of nitrogens with one attached hydrogen (secondary N) is 2. The number of benzene rings is 1. The number of para-hydroxylation sites is 1. The van der Waals surface area contributed by atoms with Crippen molar-refractivity contribution in [3.8, 4) is 0 Å². The third-order valence-electron chi connectivity index (χ3n) is 7.61. The van der Waals surface area contributed by atoms with Gasteiger partial charge in [0, 0.05) is 13.5 Å². The molecule has 1 aromatic carbocycles. The summed E-state index contributed by atoms with van der Waals surface area (Å²) in [6.45, 7) is 0.156. The summed E-state index contributed by atoms with van der Waals surface area (Å²) in [4.78, 5) is 46.1. The fourth-order valence-corrected chi connectivity index (χ4v) is 6.74. The number of carbonyl (C=O) groups excluding carboxylic acids is 2. The van der Waals surface area contributed by atoms with Gasteiger partial charge in [0.05, 0.1) is 24.0 Å². The predicted octanol–water partition coefficient (Wildman–Crippen LogP) is 2.60. The van der Waals surface area contributed by atoms with E-state index >= 15 is 0 Å². The summed E-state index contributed by atoms with van der Waals surface area (Å²) in [6, 6.07) is 7.12. The molecule has 7 heteroatoms. The molecule has 1 aromatic heterocycles. The number of carbonyl (C=O) groups is 2. The Kier molecular flexibility index (Phi) is 5.07. The van der Waals surface area contributed by atoms with E-state index in [1.54, 1.807) is 25.2 Å². The van der Waals surface area contributed by atoms with Gasteiger partial charge in [-0.2, -0.15) is 0 Å². The van der Waals surface area contributed by atoms with Crippen molar-refractivity contribution in [1.82, 2.24) is 20.2 Å². The van der Waals surface area contributed by atoms with Crippen LogP contribution in [0.25, 0.3) is 10.9 Å². The number of hydrogen-bond donors (Lipinski definition) is 2. The van der Waals surface area contributed by atoms with E-state index in [9.17, 15) is 14.4 Å². The first kappa shape index (κ1) is 20.2. The Morgan fingerprint density at radius 2 is 1.77 bits per heavy atom. The van der Waals surface area contributed by atoms with Gasteiger partial charge in [0.25, 0.3) is 5.56 Å². The van der Waals surface area contributed by atoms with Crippen LogP contribution in [-0.2, 0) is 16.1 Å². The van der Waals surface area contributed by atoms with Gasteiger partial charge in [0.1, 0.15) is 5.82 Å². The van der Waals surface area contributed by atoms with Crippen LogP contribution in [0.1, 0.15) is 50.8 Å². The molecule has 7 nitrogen and oxygen atoms in total. The molecule has 6 rings (SSSR count). The number of aromatic amines is 1. The van der Waals surface area contributed by atoms with Crippen molar-refractivity contribution in [2.24, 2.45) is 23.2 Å². The monoisotopic (exact) mass is 422 g/mol. The SMILES string of the molecule is CN(Cc1nc2ccccc2c(=O)[nH]1)C(=O)CNC(=O)CC12CC3CC(CC(C3)C1)C2. The minimum atomic E-state index is -0.217. The quantitative estimate of drug-likeness (QED) is 0.748. The van der Waals surface area contributed by atoms with Gasteiger partial charge in [0.15, 0.2) is 0 Å². The normalized spacial score (nSPS) is 28.6. The number of hydrogen-bond acceptors (Lipinski definition) is 4. The molecule has 4 saturated carbocycles. The van der Waals surface area contributed by atoms with Gasteiger partial charge in [-0.1, -0.05) is 12.1 Å². The van der Waals surface area contributed by atoms with E-state index in [0.717, 1.165) is 17.8 Å². The molecule has 2 N–H and O–H groups in total. The summed E-state index contributed by atoms with van der Waals surface area (Å²) < 4.78 is 0. The number of nitrogens with zero attached hydrogens (tertiary/aromatic N) is 2. The number of fused-ring (bicyclic) bond motifs is 1. The molecule has 0 spiro atoms. The fraction of sp³-hybridized carbons (Fsp3) is 0.583. The topological polar surface area (TPSA) is 95.2 Å². The standard InChI is InChI=1S/C24H30N4O3/c1-28(14-20-26-19-5-3-2-4-18(19)23(31)27-20)22(30)13-25-21(29)12-24-9-15-6-16(10-24)8-17(7-15)11-24/h2-5,15-17H,6-14H2,1H3,(H,25,29)(H,26,27,31). The average molecular weight is 423 g/mol. The molecule has 0 saturated heterocycles. The molecule has 2 aromatic rings. The van der Waals surface area contributed by atoms with E-state index in [0.29, 0.717) is 23.1 Å². The number of likely N-dealkylation sites (N-methyl/N-ethyl adjacent to an activating group) is 1. The van der Waals surface area contributed by atoms with E-state index in [-0.39, 0.29) is 35.9 Å². The molecule has 0 radical (unpaired) electrons. The second kappa shape index (κ2) is 7.77. The molecule has 164 valence electrons. The number of H-pyrrole nitrogens is 1. The molecule has 0 unspecified atom stereocenters. The van der Waals surface area contributed by atoms with Crippen molar-refractivity contribution in [3.05, 3.63) is 40.4 Å².